The molecule has 0 aliphatic carbocycles. The second-order valence-electron chi connectivity index (χ2n) is 6.64. The highest BCUT2D eigenvalue weighted by Gasteiger charge is 2.25. The monoisotopic (exact) mass is 294 g/mol. The van der Waals surface area contributed by atoms with E-state index >= 15 is 0 Å². The van der Waals surface area contributed by atoms with Gasteiger partial charge in [-0.2, -0.15) is 5.10 Å². The van der Waals surface area contributed by atoms with Crippen molar-refractivity contribution in [3.05, 3.63) is 16.6 Å². The lowest BCUT2D eigenvalue weighted by Crippen LogP contribution is -2.14. The zero-order valence-corrected chi connectivity index (χ0v) is 13.5. The zero-order valence-electron chi connectivity index (χ0n) is 12.7. The van der Waals surface area contributed by atoms with E-state index in [2.05, 4.69) is 34.6 Å². The molecule has 2 rings (SSSR count). The summed E-state index contributed by atoms with van der Waals surface area (Å²) in [6.07, 6.45) is 1.04. The Hall–Kier alpha value is -1.36. The Morgan fingerprint density at radius 3 is 2.60 bits per heavy atom. The molecule has 0 unspecified atom stereocenters. The molecule has 2 aromatic heterocycles. The van der Waals surface area contributed by atoms with E-state index in [1.165, 1.54) is 11.3 Å². The van der Waals surface area contributed by atoms with Crippen LogP contribution in [0.1, 0.15) is 56.4 Å². The number of carboxylic acid groups (broad SMARTS) is 1. The molecule has 0 aliphatic rings. The number of hydrogen-bond donors (Lipinski definition) is 1. The predicted molar refractivity (Wildman–Crippen MR) is 82.7 cm³/mol. The van der Waals surface area contributed by atoms with Crippen LogP contribution in [0.5, 0.6) is 0 Å². The van der Waals surface area contributed by atoms with Crippen molar-refractivity contribution in [1.82, 2.24) is 9.78 Å². The van der Waals surface area contributed by atoms with Gasteiger partial charge in [-0.25, -0.2) is 4.79 Å². The number of hydrogen-bond acceptors (Lipinski definition) is 3. The van der Waals surface area contributed by atoms with E-state index in [1.54, 1.807) is 6.07 Å². The van der Waals surface area contributed by atoms with E-state index in [4.69, 9.17) is 5.10 Å². The Kier molecular flexibility index (Phi) is 3.91. The van der Waals surface area contributed by atoms with Gasteiger partial charge in [0.05, 0.1) is 5.69 Å². The van der Waals surface area contributed by atoms with Crippen LogP contribution in [-0.2, 0) is 12.0 Å². The first-order chi connectivity index (χ1) is 9.20. The lowest BCUT2D eigenvalue weighted by molar-refractivity contribution is 0.0702. The topological polar surface area (TPSA) is 55.1 Å². The maximum atomic E-state index is 11.2. The summed E-state index contributed by atoms with van der Waals surface area (Å²) >= 11 is 1.32. The van der Waals surface area contributed by atoms with Crippen molar-refractivity contribution in [3.8, 4) is 0 Å². The summed E-state index contributed by atoms with van der Waals surface area (Å²) in [6.45, 7) is 11.5. The van der Waals surface area contributed by atoms with Crippen molar-refractivity contribution in [2.75, 3.05) is 0 Å². The first-order valence-corrected chi connectivity index (χ1v) is 7.76. The summed E-state index contributed by atoms with van der Waals surface area (Å²) in [5.74, 6) is -0.257. The molecular weight excluding hydrogens is 272 g/mol. The van der Waals surface area contributed by atoms with Crippen LogP contribution in [0.3, 0.4) is 0 Å². The number of thiophene rings is 1. The van der Waals surface area contributed by atoms with Crippen LogP contribution in [-0.4, -0.2) is 20.9 Å². The normalized spacial score (nSPS) is 12.5. The number of nitrogens with zero attached hydrogens (tertiary/aromatic N) is 2. The minimum atomic E-state index is -0.860. The van der Waals surface area contributed by atoms with Crippen LogP contribution >= 0.6 is 11.3 Å². The van der Waals surface area contributed by atoms with Gasteiger partial charge in [0.25, 0.3) is 0 Å². The van der Waals surface area contributed by atoms with Crippen LogP contribution in [0.2, 0.25) is 0 Å². The summed E-state index contributed by atoms with van der Waals surface area (Å²) in [4.78, 5) is 12.6. The number of aryl methyl sites for hydroxylation is 1. The summed E-state index contributed by atoms with van der Waals surface area (Å²) < 4.78 is 1.98. The Labute approximate surface area is 123 Å². The number of aromatic carboxylic acids is 1. The maximum Gasteiger partial charge on any atom is 0.345 e. The molecule has 0 bridgehead atoms. The molecular formula is C15H22N2O2S. The Bertz CT molecular complexity index is 632. The van der Waals surface area contributed by atoms with Gasteiger partial charge in [-0.15, -0.1) is 11.3 Å². The average Bonchev–Trinajstić information content (AvgIpc) is 2.82. The first-order valence-electron chi connectivity index (χ1n) is 6.94. The van der Waals surface area contributed by atoms with Gasteiger partial charge in [-0.1, -0.05) is 34.6 Å². The summed E-state index contributed by atoms with van der Waals surface area (Å²) in [5.41, 5.74) is 0.901. The second kappa shape index (κ2) is 5.20. The van der Waals surface area contributed by atoms with Gasteiger partial charge in [0, 0.05) is 17.3 Å². The highest BCUT2D eigenvalue weighted by molar-refractivity contribution is 7.20. The Morgan fingerprint density at radius 1 is 1.45 bits per heavy atom. The molecule has 0 aromatic carbocycles. The number of fused-ring (bicyclic) bond motifs is 1. The van der Waals surface area contributed by atoms with Crippen LogP contribution in [0.15, 0.2) is 6.07 Å². The Morgan fingerprint density at radius 2 is 2.10 bits per heavy atom. The molecule has 0 saturated carbocycles. The highest BCUT2D eigenvalue weighted by Crippen LogP contribution is 2.34. The van der Waals surface area contributed by atoms with E-state index in [1.807, 2.05) is 4.68 Å². The summed E-state index contributed by atoms with van der Waals surface area (Å²) in [7, 11) is 0. The van der Waals surface area contributed by atoms with Crippen molar-refractivity contribution < 1.29 is 9.90 Å². The van der Waals surface area contributed by atoms with Crippen molar-refractivity contribution in [1.29, 1.82) is 0 Å². The minimum absolute atomic E-state index is 0.0851. The van der Waals surface area contributed by atoms with Crippen molar-refractivity contribution in [3.63, 3.8) is 0 Å². The van der Waals surface area contributed by atoms with E-state index < -0.39 is 5.97 Å². The molecule has 2 aromatic rings. The molecule has 0 saturated heterocycles. The van der Waals surface area contributed by atoms with Gasteiger partial charge < -0.3 is 5.11 Å². The molecule has 0 spiro atoms. The lowest BCUT2D eigenvalue weighted by atomic mass is 9.91. The van der Waals surface area contributed by atoms with Gasteiger partial charge in [0.15, 0.2) is 0 Å². The van der Waals surface area contributed by atoms with Crippen LogP contribution < -0.4 is 0 Å². The highest BCUT2D eigenvalue weighted by atomic mass is 32.1. The second-order valence-corrected chi connectivity index (χ2v) is 7.67. The van der Waals surface area contributed by atoms with Crippen LogP contribution in [0, 0.1) is 5.92 Å². The zero-order chi connectivity index (χ0) is 15.1. The fourth-order valence-electron chi connectivity index (χ4n) is 2.15. The van der Waals surface area contributed by atoms with Gasteiger partial charge in [-0.05, 0) is 18.4 Å². The Balaban J connectivity index is 2.54. The standard InChI is InChI=1S/C15H22N2O2S/c1-9(2)6-7-17-13-10(8-11(20-13)14(18)19)12(16-17)15(3,4)5/h8-9H,6-7H2,1-5H3,(H,18,19). The number of rotatable bonds is 4. The summed E-state index contributed by atoms with van der Waals surface area (Å²) in [5, 5.41) is 14.9. The first kappa shape index (κ1) is 15.0. The van der Waals surface area contributed by atoms with Crippen LogP contribution in [0.25, 0.3) is 10.2 Å². The molecule has 0 amide bonds. The van der Waals surface area contributed by atoms with Crippen molar-refractivity contribution >= 4 is 27.5 Å². The van der Waals surface area contributed by atoms with Gasteiger partial charge in [0.2, 0.25) is 0 Å². The third-order valence-corrected chi connectivity index (χ3v) is 4.40. The molecule has 5 heteroatoms. The fraction of sp³-hybridized carbons (Fsp3) is 0.600. The predicted octanol–water partition coefficient (Wildman–Crippen LogP) is 4.14. The van der Waals surface area contributed by atoms with Crippen molar-refractivity contribution in [2.45, 2.75) is 53.0 Å². The van der Waals surface area contributed by atoms with Crippen LogP contribution in [0.4, 0.5) is 0 Å². The van der Waals surface area contributed by atoms with Gasteiger partial charge >= 0.3 is 5.97 Å². The molecule has 4 nitrogen and oxygen atoms in total. The van der Waals surface area contributed by atoms with Gasteiger partial charge in [0.1, 0.15) is 9.71 Å². The number of carboxylic acids is 1. The average molecular weight is 294 g/mol. The van der Waals surface area contributed by atoms with Gasteiger partial charge in [-0.3, -0.25) is 4.68 Å². The maximum absolute atomic E-state index is 11.2. The smallest absolute Gasteiger partial charge is 0.345 e. The molecule has 20 heavy (non-hydrogen) atoms. The van der Waals surface area contributed by atoms with E-state index in [0.29, 0.717) is 10.8 Å². The molecule has 0 atom stereocenters. The molecule has 1 N–H and O–H groups in total. The minimum Gasteiger partial charge on any atom is -0.477 e. The van der Waals surface area contributed by atoms with E-state index in [-0.39, 0.29) is 5.41 Å². The molecule has 0 aliphatic heterocycles. The fourth-order valence-corrected chi connectivity index (χ4v) is 3.13. The third kappa shape index (κ3) is 2.87. The third-order valence-electron chi connectivity index (χ3n) is 3.26. The van der Waals surface area contributed by atoms with Crippen molar-refractivity contribution in [2.24, 2.45) is 5.92 Å². The lowest BCUT2D eigenvalue weighted by Gasteiger charge is -2.15. The van der Waals surface area contributed by atoms with E-state index in [0.717, 1.165) is 28.9 Å². The summed E-state index contributed by atoms with van der Waals surface area (Å²) in [6, 6.07) is 1.77. The molecule has 0 fully saturated rings. The largest absolute Gasteiger partial charge is 0.477 e. The molecule has 110 valence electrons. The number of aromatic nitrogens is 2. The molecule has 0 radical (unpaired) electrons. The SMILES string of the molecule is CC(C)CCn1nc(C(C)(C)C)c2cc(C(=O)O)sc21. The number of carbonyl (C=O) groups is 1. The molecule has 2 heterocycles. The quantitative estimate of drug-likeness (QED) is 0.922. The van der Waals surface area contributed by atoms with E-state index in [9.17, 15) is 9.90 Å².